The van der Waals surface area contributed by atoms with E-state index in [-0.39, 0.29) is 11.5 Å². The Kier molecular flexibility index (Phi) is 4.65. The van der Waals surface area contributed by atoms with Crippen LogP contribution in [0.1, 0.15) is 20.4 Å². The molecule has 0 amide bonds. The van der Waals surface area contributed by atoms with E-state index >= 15 is 0 Å². The lowest BCUT2D eigenvalue weighted by atomic mass is 10.3. The van der Waals surface area contributed by atoms with E-state index < -0.39 is 5.82 Å². The highest BCUT2D eigenvalue weighted by atomic mass is 32.2. The maximum atomic E-state index is 13.4. The van der Waals surface area contributed by atoms with Crippen molar-refractivity contribution in [1.29, 1.82) is 0 Å². The highest BCUT2D eigenvalue weighted by molar-refractivity contribution is 8.00. The molecular formula is C15H13FN4OS2. The first-order valence-corrected chi connectivity index (χ1v) is 8.61. The van der Waals surface area contributed by atoms with E-state index in [9.17, 15) is 9.18 Å². The molecule has 0 unspecified atom stereocenters. The molecule has 8 heteroatoms. The Bertz CT molecular complexity index is 881. The summed E-state index contributed by atoms with van der Waals surface area (Å²) in [5.41, 5.74) is 5.98. The molecule has 0 saturated carbocycles. The van der Waals surface area contributed by atoms with Crippen LogP contribution in [0.2, 0.25) is 0 Å². The Labute approximate surface area is 140 Å². The van der Waals surface area contributed by atoms with Crippen LogP contribution in [0.5, 0.6) is 0 Å². The number of nitrogens with two attached hydrogens (primary N) is 1. The molecule has 0 atom stereocenters. The number of nitrogens with zero attached hydrogens (tertiary/aromatic N) is 3. The fraction of sp³-hybridized carbons (Fsp3) is 0.200. The lowest BCUT2D eigenvalue weighted by molar-refractivity contribution is 0.102. The number of hydrogen-bond donors (Lipinski definition) is 1. The summed E-state index contributed by atoms with van der Waals surface area (Å²) in [6.45, 7) is 2.16. The summed E-state index contributed by atoms with van der Waals surface area (Å²) in [5, 5.41) is 1.07. The highest BCUT2D eigenvalue weighted by Gasteiger charge is 2.13. The normalized spacial score (nSPS) is 11.1. The zero-order chi connectivity index (χ0) is 16.4. The molecular weight excluding hydrogens is 335 g/mol. The fourth-order valence-corrected chi connectivity index (χ4v) is 3.86. The summed E-state index contributed by atoms with van der Waals surface area (Å²) in [6, 6.07) is 4.97. The molecule has 0 aromatic carbocycles. The van der Waals surface area contributed by atoms with Gasteiger partial charge in [0.1, 0.15) is 16.7 Å². The van der Waals surface area contributed by atoms with Crippen molar-refractivity contribution in [2.75, 3.05) is 5.75 Å². The number of ketones is 1. The third-order valence-electron chi connectivity index (χ3n) is 3.07. The molecule has 118 valence electrons. The average Bonchev–Trinajstić information content (AvgIpc) is 3.02. The van der Waals surface area contributed by atoms with Gasteiger partial charge in [-0.15, -0.1) is 11.3 Å². The molecule has 0 aliphatic heterocycles. The van der Waals surface area contributed by atoms with E-state index in [1.54, 1.807) is 13.0 Å². The summed E-state index contributed by atoms with van der Waals surface area (Å²) in [6.07, 6.45) is 1.12. The second-order valence-corrected chi connectivity index (χ2v) is 6.91. The van der Waals surface area contributed by atoms with Crippen molar-refractivity contribution in [3.8, 4) is 0 Å². The van der Waals surface area contributed by atoms with Gasteiger partial charge in [0.05, 0.1) is 22.2 Å². The van der Waals surface area contributed by atoms with Gasteiger partial charge in [0.15, 0.2) is 11.4 Å². The van der Waals surface area contributed by atoms with Crippen LogP contribution in [0.3, 0.4) is 0 Å². The smallest absolute Gasteiger partial charge is 0.183 e. The zero-order valence-corrected chi connectivity index (χ0v) is 13.9. The molecule has 3 rings (SSSR count). The molecule has 0 aliphatic carbocycles. The minimum atomic E-state index is -0.455. The number of rotatable bonds is 5. The minimum Gasteiger partial charge on any atom is -0.326 e. The number of hydrogen-bond acceptors (Lipinski definition) is 7. The number of aryl methyl sites for hydroxylation is 1. The van der Waals surface area contributed by atoms with Crippen LogP contribution in [-0.4, -0.2) is 26.5 Å². The van der Waals surface area contributed by atoms with E-state index in [4.69, 9.17) is 5.73 Å². The molecule has 0 saturated heterocycles. The second kappa shape index (κ2) is 6.69. The summed E-state index contributed by atoms with van der Waals surface area (Å²) in [4.78, 5) is 26.3. The van der Waals surface area contributed by atoms with Gasteiger partial charge in [-0.05, 0) is 25.1 Å². The molecule has 0 spiro atoms. The monoisotopic (exact) mass is 348 g/mol. The molecule has 0 bridgehead atoms. The maximum absolute atomic E-state index is 13.4. The van der Waals surface area contributed by atoms with Crippen molar-refractivity contribution in [2.45, 2.75) is 18.5 Å². The number of pyridine rings is 1. The first-order valence-electron chi connectivity index (χ1n) is 6.81. The largest absolute Gasteiger partial charge is 0.326 e. The van der Waals surface area contributed by atoms with Crippen molar-refractivity contribution < 1.29 is 9.18 Å². The van der Waals surface area contributed by atoms with Gasteiger partial charge < -0.3 is 5.73 Å². The van der Waals surface area contributed by atoms with Crippen LogP contribution in [0.15, 0.2) is 29.4 Å². The van der Waals surface area contributed by atoms with Gasteiger partial charge in [-0.25, -0.2) is 19.3 Å². The third-order valence-corrected chi connectivity index (χ3v) is 5.21. The molecule has 0 fully saturated rings. The van der Waals surface area contributed by atoms with Crippen molar-refractivity contribution in [3.63, 3.8) is 0 Å². The predicted molar refractivity (Wildman–Crippen MR) is 89.3 cm³/mol. The number of carbonyl (C=O) groups is 1. The van der Waals surface area contributed by atoms with Crippen LogP contribution in [-0.2, 0) is 6.54 Å². The Balaban J connectivity index is 1.83. The molecule has 2 N–H and O–H groups in total. The summed E-state index contributed by atoms with van der Waals surface area (Å²) in [7, 11) is 0. The first-order chi connectivity index (χ1) is 11.1. The van der Waals surface area contributed by atoms with Crippen molar-refractivity contribution in [3.05, 3.63) is 45.8 Å². The zero-order valence-electron chi connectivity index (χ0n) is 12.2. The summed E-state index contributed by atoms with van der Waals surface area (Å²) >= 11 is 2.65. The standard InChI is InChI=1S/C15H13FN4OS2/c1-8-19-14-11(4-9(16)6-18-14)15(20-8)22-7-12(21)13-3-2-10(5-17)23-13/h2-4,6H,5,7,17H2,1H3. The topological polar surface area (TPSA) is 81.8 Å². The average molecular weight is 348 g/mol. The van der Waals surface area contributed by atoms with Crippen LogP contribution >= 0.6 is 23.1 Å². The van der Waals surface area contributed by atoms with Gasteiger partial charge in [0, 0.05) is 11.4 Å². The van der Waals surface area contributed by atoms with Gasteiger partial charge in [0.2, 0.25) is 0 Å². The van der Waals surface area contributed by atoms with Crippen LogP contribution < -0.4 is 5.73 Å². The van der Waals surface area contributed by atoms with Gasteiger partial charge in [-0.1, -0.05) is 11.8 Å². The second-order valence-electron chi connectivity index (χ2n) is 4.78. The van der Waals surface area contributed by atoms with E-state index in [1.165, 1.54) is 29.2 Å². The number of fused-ring (bicyclic) bond motifs is 1. The van der Waals surface area contributed by atoms with Gasteiger partial charge in [-0.3, -0.25) is 4.79 Å². The number of carbonyl (C=O) groups excluding carboxylic acids is 1. The van der Waals surface area contributed by atoms with Gasteiger partial charge in [-0.2, -0.15) is 0 Å². The van der Waals surface area contributed by atoms with Crippen molar-refractivity contribution in [1.82, 2.24) is 15.0 Å². The Morgan fingerprint density at radius 1 is 1.39 bits per heavy atom. The first kappa shape index (κ1) is 16.0. The Hall–Kier alpha value is -1.90. The third kappa shape index (κ3) is 3.54. The van der Waals surface area contributed by atoms with E-state index in [0.717, 1.165) is 11.1 Å². The number of thiophene rings is 1. The van der Waals surface area contributed by atoms with E-state index in [0.29, 0.717) is 33.3 Å². The molecule has 23 heavy (non-hydrogen) atoms. The van der Waals surface area contributed by atoms with Gasteiger partial charge >= 0.3 is 0 Å². The molecule has 3 heterocycles. The van der Waals surface area contributed by atoms with Gasteiger partial charge in [0.25, 0.3) is 0 Å². The molecule has 0 aliphatic rings. The predicted octanol–water partition coefficient (Wildman–Crippen LogP) is 2.97. The van der Waals surface area contributed by atoms with Crippen LogP contribution in [0.4, 0.5) is 4.39 Å². The summed E-state index contributed by atoms with van der Waals surface area (Å²) < 4.78 is 13.4. The number of thioether (sulfide) groups is 1. The van der Waals surface area contributed by atoms with Crippen LogP contribution in [0, 0.1) is 12.7 Å². The van der Waals surface area contributed by atoms with Crippen LogP contribution in [0.25, 0.3) is 11.0 Å². The lowest BCUT2D eigenvalue weighted by Gasteiger charge is -2.05. The molecule has 5 nitrogen and oxygen atoms in total. The Morgan fingerprint density at radius 3 is 2.96 bits per heavy atom. The maximum Gasteiger partial charge on any atom is 0.183 e. The number of halogens is 1. The Morgan fingerprint density at radius 2 is 2.22 bits per heavy atom. The number of aromatic nitrogens is 3. The molecule has 0 radical (unpaired) electrons. The minimum absolute atomic E-state index is 0.00604. The van der Waals surface area contributed by atoms with Crippen molar-refractivity contribution in [2.24, 2.45) is 5.73 Å². The molecule has 3 aromatic heterocycles. The summed E-state index contributed by atoms with van der Waals surface area (Å²) in [5.74, 6) is 0.289. The van der Waals surface area contributed by atoms with E-state index in [1.807, 2.05) is 6.07 Å². The fourth-order valence-electron chi connectivity index (χ4n) is 2.02. The highest BCUT2D eigenvalue weighted by Crippen LogP contribution is 2.26. The lowest BCUT2D eigenvalue weighted by Crippen LogP contribution is -2.02. The quantitative estimate of drug-likeness (QED) is 0.434. The molecule has 3 aromatic rings. The SMILES string of the molecule is Cc1nc(SCC(=O)c2ccc(CN)s2)c2cc(F)cnc2n1. The van der Waals surface area contributed by atoms with Crippen molar-refractivity contribution >= 4 is 39.9 Å². The number of Topliss-reactive ketones (excluding diaryl/α,β-unsaturated/α-hetero) is 1. The van der Waals surface area contributed by atoms with E-state index in [2.05, 4.69) is 15.0 Å².